The maximum Gasteiger partial charge on any atom is 0.160 e. The van der Waals surface area contributed by atoms with E-state index < -0.39 is 0 Å². The average Bonchev–Trinajstić information content (AvgIpc) is 2.96. The van der Waals surface area contributed by atoms with Crippen LogP contribution in [0.2, 0.25) is 0 Å². The van der Waals surface area contributed by atoms with E-state index >= 15 is 0 Å². The van der Waals surface area contributed by atoms with E-state index in [1.165, 1.54) is 5.56 Å². The lowest BCUT2D eigenvalue weighted by Crippen LogP contribution is -2.47. The van der Waals surface area contributed by atoms with Gasteiger partial charge in [-0.1, -0.05) is 13.0 Å². The Hall–Kier alpha value is -2.63. The smallest absolute Gasteiger partial charge is 0.160 e. The minimum atomic E-state index is 0.932. The Labute approximate surface area is 148 Å². The van der Waals surface area contributed by atoms with Crippen molar-refractivity contribution in [2.45, 2.75) is 27.2 Å². The number of nitrogens with zero attached hydrogens (tertiary/aromatic N) is 6. The Balaban J connectivity index is 1.63. The Morgan fingerprint density at radius 1 is 1.04 bits per heavy atom. The molecule has 25 heavy (non-hydrogen) atoms. The molecule has 130 valence electrons. The molecule has 6 heteroatoms. The molecule has 0 aliphatic carbocycles. The quantitative estimate of drug-likeness (QED) is 0.736. The van der Waals surface area contributed by atoms with Crippen LogP contribution in [0.1, 0.15) is 23.9 Å². The van der Waals surface area contributed by atoms with Crippen molar-refractivity contribution >= 4 is 17.3 Å². The first-order chi connectivity index (χ1) is 12.2. The number of pyridine rings is 1. The van der Waals surface area contributed by atoms with Crippen LogP contribution in [-0.4, -0.2) is 45.8 Å². The topological polar surface area (TPSA) is 49.6 Å². The standard InChI is InChI=1S/C19H24N6/c1-4-16-13-18(25-19(21-16)14(2)15(3)22-25)24-11-9-23(10-12-24)17-7-5-6-8-20-17/h5-8,13H,4,9-12H2,1-3H3. The summed E-state index contributed by atoms with van der Waals surface area (Å²) in [5.41, 5.74) is 4.33. The SMILES string of the molecule is CCc1cc(N2CCN(c3ccccn3)CC2)n2nc(C)c(C)c2n1. The molecule has 4 rings (SSSR count). The highest BCUT2D eigenvalue weighted by atomic mass is 15.4. The normalized spacial score (nSPS) is 15.2. The maximum absolute atomic E-state index is 4.79. The van der Waals surface area contributed by atoms with Gasteiger partial charge in [-0.3, -0.25) is 0 Å². The molecule has 0 radical (unpaired) electrons. The van der Waals surface area contributed by atoms with E-state index in [4.69, 9.17) is 10.1 Å². The lowest BCUT2D eigenvalue weighted by atomic mass is 10.2. The van der Waals surface area contributed by atoms with Gasteiger partial charge in [0, 0.05) is 49.7 Å². The van der Waals surface area contributed by atoms with Crippen molar-refractivity contribution in [3.05, 3.63) is 47.4 Å². The molecule has 1 aliphatic rings. The number of aryl methyl sites for hydroxylation is 3. The van der Waals surface area contributed by atoms with E-state index in [1.54, 1.807) is 0 Å². The van der Waals surface area contributed by atoms with Crippen LogP contribution < -0.4 is 9.80 Å². The highest BCUT2D eigenvalue weighted by Gasteiger charge is 2.22. The summed E-state index contributed by atoms with van der Waals surface area (Å²) >= 11 is 0. The molecule has 1 saturated heterocycles. The number of fused-ring (bicyclic) bond motifs is 1. The fraction of sp³-hybridized carbons (Fsp3) is 0.421. The largest absolute Gasteiger partial charge is 0.353 e. The van der Waals surface area contributed by atoms with E-state index in [2.05, 4.69) is 47.7 Å². The molecule has 3 aromatic rings. The summed E-state index contributed by atoms with van der Waals surface area (Å²) in [4.78, 5) is 14.0. The fourth-order valence-electron chi connectivity index (χ4n) is 3.37. The predicted octanol–water partition coefficient (Wildman–Crippen LogP) is 2.63. The van der Waals surface area contributed by atoms with Gasteiger partial charge in [0.25, 0.3) is 0 Å². The molecule has 0 amide bonds. The Morgan fingerprint density at radius 2 is 1.80 bits per heavy atom. The lowest BCUT2D eigenvalue weighted by molar-refractivity contribution is 0.632. The first-order valence-corrected chi connectivity index (χ1v) is 8.94. The zero-order valence-electron chi connectivity index (χ0n) is 15.1. The minimum absolute atomic E-state index is 0.932. The summed E-state index contributed by atoms with van der Waals surface area (Å²) in [7, 11) is 0. The molecular formula is C19H24N6. The van der Waals surface area contributed by atoms with Gasteiger partial charge in [-0.05, 0) is 32.4 Å². The van der Waals surface area contributed by atoms with Gasteiger partial charge in [-0.15, -0.1) is 0 Å². The number of piperazine rings is 1. The second-order valence-corrected chi connectivity index (χ2v) is 6.57. The maximum atomic E-state index is 4.79. The monoisotopic (exact) mass is 336 g/mol. The summed E-state index contributed by atoms with van der Waals surface area (Å²) in [6.45, 7) is 10.1. The van der Waals surface area contributed by atoms with Gasteiger partial charge in [-0.25, -0.2) is 9.97 Å². The molecule has 1 aliphatic heterocycles. The van der Waals surface area contributed by atoms with E-state index in [1.807, 2.05) is 22.8 Å². The molecule has 0 unspecified atom stereocenters. The summed E-state index contributed by atoms with van der Waals surface area (Å²) < 4.78 is 2.01. The third-order valence-electron chi connectivity index (χ3n) is 5.03. The van der Waals surface area contributed by atoms with Crippen molar-refractivity contribution in [3.63, 3.8) is 0 Å². The van der Waals surface area contributed by atoms with Crippen molar-refractivity contribution in [3.8, 4) is 0 Å². The van der Waals surface area contributed by atoms with E-state index in [9.17, 15) is 0 Å². The second kappa shape index (κ2) is 6.35. The van der Waals surface area contributed by atoms with Gasteiger partial charge in [-0.2, -0.15) is 9.61 Å². The first-order valence-electron chi connectivity index (χ1n) is 8.94. The summed E-state index contributed by atoms with van der Waals surface area (Å²) in [5, 5.41) is 4.73. The van der Waals surface area contributed by atoms with Crippen LogP contribution in [0.5, 0.6) is 0 Å². The van der Waals surface area contributed by atoms with Crippen LogP contribution in [0, 0.1) is 13.8 Å². The third kappa shape index (κ3) is 2.81. The zero-order chi connectivity index (χ0) is 17.4. The van der Waals surface area contributed by atoms with Gasteiger partial charge in [0.15, 0.2) is 5.65 Å². The molecule has 6 nitrogen and oxygen atoms in total. The van der Waals surface area contributed by atoms with Crippen LogP contribution >= 0.6 is 0 Å². The highest BCUT2D eigenvalue weighted by molar-refractivity contribution is 5.57. The van der Waals surface area contributed by atoms with E-state index in [0.29, 0.717) is 0 Å². The number of rotatable bonds is 3. The fourth-order valence-corrected chi connectivity index (χ4v) is 3.37. The predicted molar refractivity (Wildman–Crippen MR) is 101 cm³/mol. The minimum Gasteiger partial charge on any atom is -0.353 e. The van der Waals surface area contributed by atoms with Gasteiger partial charge in [0.2, 0.25) is 0 Å². The molecule has 0 bridgehead atoms. The number of anilines is 2. The van der Waals surface area contributed by atoms with Gasteiger partial charge in [0.05, 0.1) is 5.69 Å². The van der Waals surface area contributed by atoms with E-state index in [0.717, 1.165) is 61.3 Å². The van der Waals surface area contributed by atoms with Crippen LogP contribution in [0.25, 0.3) is 5.65 Å². The third-order valence-corrected chi connectivity index (χ3v) is 5.03. The molecule has 0 atom stereocenters. The van der Waals surface area contributed by atoms with Gasteiger partial charge < -0.3 is 9.80 Å². The molecular weight excluding hydrogens is 312 g/mol. The molecule has 1 fully saturated rings. The molecule has 0 N–H and O–H groups in total. The molecule has 0 spiro atoms. The van der Waals surface area contributed by atoms with Gasteiger partial charge in [0.1, 0.15) is 11.6 Å². The van der Waals surface area contributed by atoms with Crippen LogP contribution in [-0.2, 0) is 6.42 Å². The Bertz CT molecular complexity index is 878. The molecule has 0 saturated carbocycles. The van der Waals surface area contributed by atoms with Crippen molar-refractivity contribution in [2.24, 2.45) is 0 Å². The summed E-state index contributed by atoms with van der Waals surface area (Å²) in [6.07, 6.45) is 2.79. The highest BCUT2D eigenvalue weighted by Crippen LogP contribution is 2.23. The first kappa shape index (κ1) is 15.9. The van der Waals surface area contributed by atoms with Crippen LogP contribution in [0.3, 0.4) is 0 Å². The van der Waals surface area contributed by atoms with Crippen molar-refractivity contribution in [2.75, 3.05) is 36.0 Å². The second-order valence-electron chi connectivity index (χ2n) is 6.57. The molecule has 0 aromatic carbocycles. The summed E-state index contributed by atoms with van der Waals surface area (Å²) in [5.74, 6) is 2.21. The zero-order valence-corrected chi connectivity index (χ0v) is 15.1. The lowest BCUT2D eigenvalue weighted by Gasteiger charge is -2.36. The van der Waals surface area contributed by atoms with Crippen molar-refractivity contribution < 1.29 is 0 Å². The number of aromatic nitrogens is 4. The van der Waals surface area contributed by atoms with Crippen LogP contribution in [0.4, 0.5) is 11.6 Å². The number of hydrogen-bond acceptors (Lipinski definition) is 5. The van der Waals surface area contributed by atoms with Crippen LogP contribution in [0.15, 0.2) is 30.5 Å². The van der Waals surface area contributed by atoms with Crippen molar-refractivity contribution in [1.29, 1.82) is 0 Å². The number of hydrogen-bond donors (Lipinski definition) is 0. The molecule has 3 aromatic heterocycles. The average molecular weight is 336 g/mol. The van der Waals surface area contributed by atoms with Crippen molar-refractivity contribution in [1.82, 2.24) is 19.6 Å². The summed E-state index contributed by atoms with van der Waals surface area (Å²) in [6, 6.07) is 8.27. The van der Waals surface area contributed by atoms with Gasteiger partial charge >= 0.3 is 0 Å². The molecule has 4 heterocycles. The Kier molecular flexibility index (Phi) is 4.03. The van der Waals surface area contributed by atoms with E-state index in [-0.39, 0.29) is 0 Å². The Morgan fingerprint density at radius 3 is 2.48 bits per heavy atom.